The molecule has 0 bridgehead atoms. The van der Waals surface area contributed by atoms with Crippen LogP contribution < -0.4 is 5.73 Å². The van der Waals surface area contributed by atoms with Gasteiger partial charge < -0.3 is 15.9 Å². The van der Waals surface area contributed by atoms with Gasteiger partial charge >= 0.3 is 5.97 Å². The lowest BCUT2D eigenvalue weighted by atomic mass is 9.93. The lowest BCUT2D eigenvalue weighted by Gasteiger charge is -2.18. The third kappa shape index (κ3) is 3.86. The standard InChI is InChI=1S/C12H16BrNO3.ClH/c1-6(2)5-9(14)10-7(12(16)17)3-4-8(13)11(10)15;/h3-4,6,9,15H,5,14H2,1-2H3,(H,16,17);1H/t9-;/m0./s1. The van der Waals surface area contributed by atoms with Gasteiger partial charge in [0.15, 0.2) is 0 Å². The van der Waals surface area contributed by atoms with Gasteiger partial charge in [-0.1, -0.05) is 13.8 Å². The van der Waals surface area contributed by atoms with Gasteiger partial charge in [0.05, 0.1) is 10.0 Å². The highest BCUT2D eigenvalue weighted by atomic mass is 79.9. The van der Waals surface area contributed by atoms with E-state index in [1.807, 2.05) is 13.8 Å². The Hall–Kier alpha value is -0.780. The SMILES string of the molecule is CC(C)C[C@H](N)c1c(C(=O)O)ccc(Br)c1O.Cl. The highest BCUT2D eigenvalue weighted by Crippen LogP contribution is 2.36. The van der Waals surface area contributed by atoms with Crippen LogP contribution in [0.5, 0.6) is 5.75 Å². The average molecular weight is 339 g/mol. The van der Waals surface area contributed by atoms with E-state index in [1.54, 1.807) is 0 Å². The van der Waals surface area contributed by atoms with E-state index in [0.717, 1.165) is 0 Å². The first kappa shape index (κ1) is 17.2. The normalized spacial score (nSPS) is 12.1. The lowest BCUT2D eigenvalue weighted by molar-refractivity contribution is 0.0694. The number of rotatable bonds is 4. The van der Waals surface area contributed by atoms with Crippen LogP contribution in [-0.4, -0.2) is 16.2 Å². The van der Waals surface area contributed by atoms with Crippen LogP contribution in [-0.2, 0) is 0 Å². The van der Waals surface area contributed by atoms with Crippen molar-refractivity contribution < 1.29 is 15.0 Å². The molecule has 0 aromatic heterocycles. The Balaban J connectivity index is 0.00000289. The molecule has 4 N–H and O–H groups in total. The van der Waals surface area contributed by atoms with Crippen LogP contribution in [0.3, 0.4) is 0 Å². The monoisotopic (exact) mass is 337 g/mol. The first-order valence-corrected chi connectivity index (χ1v) is 6.14. The molecule has 1 aromatic carbocycles. The number of carbonyl (C=O) groups is 1. The van der Waals surface area contributed by atoms with Crippen LogP contribution in [0.25, 0.3) is 0 Å². The fourth-order valence-electron chi connectivity index (χ4n) is 1.77. The first-order valence-electron chi connectivity index (χ1n) is 5.34. The quantitative estimate of drug-likeness (QED) is 0.786. The van der Waals surface area contributed by atoms with Crippen molar-refractivity contribution in [2.24, 2.45) is 11.7 Å². The summed E-state index contributed by atoms with van der Waals surface area (Å²) in [7, 11) is 0. The zero-order chi connectivity index (χ0) is 13.2. The number of benzene rings is 1. The molecule has 0 spiro atoms. The highest BCUT2D eigenvalue weighted by Gasteiger charge is 2.22. The van der Waals surface area contributed by atoms with Crippen molar-refractivity contribution in [2.45, 2.75) is 26.3 Å². The maximum atomic E-state index is 11.1. The number of aromatic hydroxyl groups is 1. The third-order valence-corrected chi connectivity index (χ3v) is 3.13. The smallest absolute Gasteiger partial charge is 0.336 e. The van der Waals surface area contributed by atoms with Crippen molar-refractivity contribution >= 4 is 34.3 Å². The summed E-state index contributed by atoms with van der Waals surface area (Å²) in [5.74, 6) is -0.843. The minimum atomic E-state index is -1.08. The van der Waals surface area contributed by atoms with Crippen molar-refractivity contribution in [3.8, 4) is 5.75 Å². The Bertz CT molecular complexity index is 438. The van der Waals surface area contributed by atoms with Gasteiger partial charge in [0.25, 0.3) is 0 Å². The zero-order valence-electron chi connectivity index (χ0n) is 10.2. The molecule has 102 valence electrons. The molecule has 0 aliphatic heterocycles. The topological polar surface area (TPSA) is 83.6 Å². The van der Waals surface area contributed by atoms with Gasteiger partial charge in [-0.15, -0.1) is 12.4 Å². The van der Waals surface area contributed by atoms with E-state index in [2.05, 4.69) is 15.9 Å². The molecule has 1 aromatic rings. The molecular weight excluding hydrogens is 321 g/mol. The van der Waals surface area contributed by atoms with Crippen LogP contribution >= 0.6 is 28.3 Å². The molecule has 1 rings (SSSR count). The predicted octanol–water partition coefficient (Wildman–Crippen LogP) is 3.32. The summed E-state index contributed by atoms with van der Waals surface area (Å²) in [6.07, 6.45) is 0.615. The second kappa shape index (κ2) is 6.97. The minimum Gasteiger partial charge on any atom is -0.506 e. The first-order chi connectivity index (χ1) is 7.84. The number of phenols is 1. The van der Waals surface area contributed by atoms with E-state index in [0.29, 0.717) is 22.4 Å². The Morgan fingerprint density at radius 2 is 2.00 bits per heavy atom. The summed E-state index contributed by atoms with van der Waals surface area (Å²) in [5.41, 5.74) is 6.31. The number of phenolic OH excluding ortho intramolecular Hbond substituents is 1. The van der Waals surface area contributed by atoms with Crippen LogP contribution in [0, 0.1) is 5.92 Å². The van der Waals surface area contributed by atoms with Gasteiger partial charge in [0.2, 0.25) is 0 Å². The number of halogens is 2. The van der Waals surface area contributed by atoms with Crippen LogP contribution in [0.2, 0.25) is 0 Å². The number of carboxylic acid groups (broad SMARTS) is 1. The van der Waals surface area contributed by atoms with Crippen LogP contribution in [0.15, 0.2) is 16.6 Å². The molecule has 4 nitrogen and oxygen atoms in total. The van der Waals surface area contributed by atoms with Gasteiger partial charge in [-0.05, 0) is 40.4 Å². The van der Waals surface area contributed by atoms with E-state index in [9.17, 15) is 9.90 Å². The number of aromatic carboxylic acids is 1. The lowest BCUT2D eigenvalue weighted by Crippen LogP contribution is -2.17. The minimum absolute atomic E-state index is 0. The predicted molar refractivity (Wildman–Crippen MR) is 76.4 cm³/mol. The highest BCUT2D eigenvalue weighted by molar-refractivity contribution is 9.10. The summed E-state index contributed by atoms with van der Waals surface area (Å²) in [4.78, 5) is 11.1. The molecule has 0 aliphatic carbocycles. The van der Waals surface area contributed by atoms with E-state index in [-0.39, 0.29) is 23.7 Å². The third-order valence-electron chi connectivity index (χ3n) is 2.49. The van der Waals surface area contributed by atoms with Gasteiger partial charge in [-0.25, -0.2) is 4.79 Å². The van der Waals surface area contributed by atoms with Crippen molar-refractivity contribution in [3.63, 3.8) is 0 Å². The molecule has 0 radical (unpaired) electrons. The van der Waals surface area contributed by atoms with E-state index < -0.39 is 12.0 Å². The van der Waals surface area contributed by atoms with Crippen molar-refractivity contribution in [1.29, 1.82) is 0 Å². The number of hydrogen-bond acceptors (Lipinski definition) is 3. The molecule has 0 saturated carbocycles. The molecule has 0 fully saturated rings. The number of hydrogen-bond donors (Lipinski definition) is 3. The second-order valence-electron chi connectivity index (χ2n) is 4.40. The number of carboxylic acids is 1. The van der Waals surface area contributed by atoms with Crippen molar-refractivity contribution in [3.05, 3.63) is 27.7 Å². The number of nitrogens with two attached hydrogens (primary N) is 1. The Kier molecular flexibility index (Phi) is 6.67. The maximum Gasteiger partial charge on any atom is 0.336 e. The molecule has 6 heteroatoms. The molecule has 0 aliphatic rings. The molecule has 0 saturated heterocycles. The maximum absolute atomic E-state index is 11.1. The van der Waals surface area contributed by atoms with E-state index >= 15 is 0 Å². The average Bonchev–Trinajstić information content (AvgIpc) is 2.20. The molecule has 18 heavy (non-hydrogen) atoms. The van der Waals surface area contributed by atoms with E-state index in [1.165, 1.54) is 12.1 Å². The fraction of sp³-hybridized carbons (Fsp3) is 0.417. The Morgan fingerprint density at radius 3 is 2.44 bits per heavy atom. The van der Waals surface area contributed by atoms with Gasteiger partial charge in [0.1, 0.15) is 5.75 Å². The zero-order valence-corrected chi connectivity index (χ0v) is 12.6. The van der Waals surface area contributed by atoms with Crippen molar-refractivity contribution in [1.82, 2.24) is 0 Å². The van der Waals surface area contributed by atoms with Gasteiger partial charge in [-0.2, -0.15) is 0 Å². The van der Waals surface area contributed by atoms with Gasteiger partial charge in [-0.3, -0.25) is 0 Å². The molecule has 0 amide bonds. The van der Waals surface area contributed by atoms with E-state index in [4.69, 9.17) is 10.8 Å². The Morgan fingerprint density at radius 1 is 1.44 bits per heavy atom. The molecule has 1 atom stereocenters. The summed E-state index contributed by atoms with van der Waals surface area (Å²) in [6, 6.07) is 2.46. The summed E-state index contributed by atoms with van der Waals surface area (Å²) in [6.45, 7) is 3.99. The molecule has 0 unspecified atom stereocenters. The largest absolute Gasteiger partial charge is 0.506 e. The molecular formula is C12H17BrClNO3. The summed E-state index contributed by atoms with van der Waals surface area (Å²) >= 11 is 3.17. The molecule has 0 heterocycles. The summed E-state index contributed by atoms with van der Waals surface area (Å²) < 4.78 is 0.455. The summed E-state index contributed by atoms with van der Waals surface area (Å²) in [5, 5.41) is 19.0. The second-order valence-corrected chi connectivity index (χ2v) is 5.25. The Labute approximate surface area is 121 Å². The van der Waals surface area contributed by atoms with Crippen LogP contribution in [0.1, 0.15) is 42.2 Å². The van der Waals surface area contributed by atoms with Crippen molar-refractivity contribution in [2.75, 3.05) is 0 Å². The van der Waals surface area contributed by atoms with Gasteiger partial charge in [0, 0.05) is 11.6 Å². The fourth-order valence-corrected chi connectivity index (χ4v) is 2.11. The van der Waals surface area contributed by atoms with Crippen LogP contribution in [0.4, 0.5) is 0 Å².